The summed E-state index contributed by atoms with van der Waals surface area (Å²) < 4.78 is 112. The average molecular weight is 761 g/mol. The van der Waals surface area contributed by atoms with Crippen LogP contribution >= 0.6 is 0 Å². The lowest BCUT2D eigenvalue weighted by molar-refractivity contribution is -0.210. The van der Waals surface area contributed by atoms with E-state index in [-0.39, 0.29) is 44.1 Å². The van der Waals surface area contributed by atoms with Gasteiger partial charge < -0.3 is 18.9 Å². The normalized spacial score (nSPS) is 15.2. The smallest absolute Gasteiger partial charge is 0.377 e. The molecule has 52 heavy (non-hydrogen) atoms. The molecule has 0 amide bonds. The van der Waals surface area contributed by atoms with Crippen molar-refractivity contribution in [3.05, 3.63) is 12.2 Å². The fourth-order valence-electron chi connectivity index (χ4n) is 5.74. The third-order valence-electron chi connectivity index (χ3n) is 9.34. The first kappa shape index (κ1) is 49.2. The lowest BCUT2D eigenvalue weighted by atomic mass is 9.92. The van der Waals surface area contributed by atoms with Crippen LogP contribution in [0, 0.1) is 17.8 Å². The van der Waals surface area contributed by atoms with Crippen LogP contribution in [-0.2, 0) is 38.1 Å². The second kappa shape index (κ2) is 24.5. The minimum absolute atomic E-state index is 0.00591. The molecule has 0 saturated carbocycles. The zero-order chi connectivity index (χ0) is 40.1. The fourth-order valence-corrected chi connectivity index (χ4v) is 5.74. The number of alkyl halides is 6. The summed E-state index contributed by atoms with van der Waals surface area (Å²) in [6, 6.07) is 0. The van der Waals surface area contributed by atoms with Gasteiger partial charge in [-0.3, -0.25) is 0 Å². The molecule has 0 aliphatic rings. The molecular formula is C38H62F6O8. The number of halogens is 6. The number of hydrogen-bond acceptors (Lipinski definition) is 8. The molecule has 0 spiro atoms. The van der Waals surface area contributed by atoms with Gasteiger partial charge in [-0.2, -0.15) is 26.3 Å². The van der Waals surface area contributed by atoms with Crippen molar-refractivity contribution in [3.8, 4) is 0 Å². The van der Waals surface area contributed by atoms with E-state index in [2.05, 4.69) is 6.58 Å². The van der Waals surface area contributed by atoms with Gasteiger partial charge in [0.1, 0.15) is 13.2 Å². The van der Waals surface area contributed by atoms with Crippen LogP contribution in [0.1, 0.15) is 145 Å². The molecule has 0 aliphatic heterocycles. The summed E-state index contributed by atoms with van der Waals surface area (Å²) in [5.41, 5.74) is -0.276. The van der Waals surface area contributed by atoms with Gasteiger partial charge >= 0.3 is 41.6 Å². The highest BCUT2D eigenvalue weighted by Crippen LogP contribution is 2.36. The van der Waals surface area contributed by atoms with Crippen molar-refractivity contribution in [1.29, 1.82) is 0 Å². The Morgan fingerprint density at radius 3 is 1.12 bits per heavy atom. The molecule has 0 N–H and O–H groups in total. The Balaban J connectivity index is 6.66. The van der Waals surface area contributed by atoms with Gasteiger partial charge in [-0.1, -0.05) is 106 Å². The van der Waals surface area contributed by atoms with E-state index in [0.717, 1.165) is 12.8 Å². The third-order valence-corrected chi connectivity index (χ3v) is 9.34. The molecule has 0 saturated heterocycles. The van der Waals surface area contributed by atoms with Crippen molar-refractivity contribution in [3.63, 3.8) is 0 Å². The first-order valence-electron chi connectivity index (χ1n) is 18.9. The van der Waals surface area contributed by atoms with Gasteiger partial charge in [0.25, 0.3) is 0 Å². The summed E-state index contributed by atoms with van der Waals surface area (Å²) in [5.74, 6) is -24.0. The fraction of sp³-hybridized carbons (Fsp3) is 0.842. The Hall–Kier alpha value is -2.80. The van der Waals surface area contributed by atoms with Crippen LogP contribution in [-0.4, -0.2) is 67.1 Å². The van der Waals surface area contributed by atoms with E-state index < -0.39 is 84.8 Å². The Morgan fingerprint density at radius 1 is 0.519 bits per heavy atom. The van der Waals surface area contributed by atoms with Gasteiger partial charge in [-0.15, -0.1) is 0 Å². The molecule has 0 rings (SSSR count). The van der Waals surface area contributed by atoms with Crippen LogP contribution in [0.2, 0.25) is 0 Å². The molecule has 0 aromatic rings. The lowest BCUT2D eigenvalue weighted by Gasteiger charge is -2.31. The highest BCUT2D eigenvalue weighted by Gasteiger charge is 2.52. The van der Waals surface area contributed by atoms with Crippen LogP contribution in [0.25, 0.3) is 0 Å². The van der Waals surface area contributed by atoms with Crippen LogP contribution in [0.15, 0.2) is 12.2 Å². The van der Waals surface area contributed by atoms with Crippen molar-refractivity contribution in [2.45, 2.75) is 175 Å². The minimum Gasteiger partial charge on any atom is -0.457 e. The van der Waals surface area contributed by atoms with Gasteiger partial charge in [-0.25, -0.2) is 19.2 Å². The number of carbonyl (C=O) groups excluding carboxylic acids is 4. The predicted octanol–water partition coefficient (Wildman–Crippen LogP) is 10.2. The standard InChI is InChI=1S/C38H62F6O8/c1-9-15-18-21-27(12-4)36(39,40)33(46)49-24-30(51-32(45)26(7)8)31(52-35(48)38(43,44)29(14-6)23-20-17-11-3)25-50-34(47)37(41,42)28(13-5)22-19-16-10-2/h27-31H,7,9-25H2,1-6,8H3. The largest absolute Gasteiger partial charge is 0.457 e. The Labute approximate surface area is 306 Å². The lowest BCUT2D eigenvalue weighted by Crippen LogP contribution is -2.49. The van der Waals surface area contributed by atoms with Crippen LogP contribution in [0.3, 0.4) is 0 Å². The summed E-state index contributed by atoms with van der Waals surface area (Å²) in [6.45, 7) is 11.9. The van der Waals surface area contributed by atoms with E-state index in [0.29, 0.717) is 44.9 Å². The van der Waals surface area contributed by atoms with Gasteiger partial charge in [0, 0.05) is 23.3 Å². The topological polar surface area (TPSA) is 105 Å². The molecule has 8 nitrogen and oxygen atoms in total. The molecule has 0 bridgehead atoms. The maximum Gasteiger partial charge on any atom is 0.377 e. The van der Waals surface area contributed by atoms with Crippen molar-refractivity contribution in [1.82, 2.24) is 0 Å². The summed E-state index contributed by atoms with van der Waals surface area (Å²) in [7, 11) is 0. The van der Waals surface area contributed by atoms with Crippen molar-refractivity contribution in [2.24, 2.45) is 17.8 Å². The van der Waals surface area contributed by atoms with Gasteiger partial charge in [0.2, 0.25) is 0 Å². The zero-order valence-electron chi connectivity index (χ0n) is 32.1. The van der Waals surface area contributed by atoms with E-state index in [1.807, 2.05) is 20.8 Å². The zero-order valence-corrected chi connectivity index (χ0v) is 32.1. The van der Waals surface area contributed by atoms with Crippen LogP contribution in [0.5, 0.6) is 0 Å². The Morgan fingerprint density at radius 2 is 0.827 bits per heavy atom. The number of ether oxygens (including phenoxy) is 4. The SMILES string of the molecule is C=C(C)C(=O)OC(COC(=O)C(F)(F)C(CC)CCCCC)C(COC(=O)C(F)(F)C(CC)CCCCC)OC(=O)C(F)(F)C(CC)CCCCC. The Kier molecular flexibility index (Phi) is 23.2. The number of esters is 4. The monoisotopic (exact) mass is 760 g/mol. The first-order chi connectivity index (χ1) is 24.3. The van der Waals surface area contributed by atoms with Crippen LogP contribution in [0.4, 0.5) is 26.3 Å². The second-order valence-electron chi connectivity index (χ2n) is 13.5. The van der Waals surface area contributed by atoms with Crippen LogP contribution < -0.4 is 0 Å². The summed E-state index contributed by atoms with van der Waals surface area (Å²) in [6.07, 6.45) is 0.413. The quantitative estimate of drug-likeness (QED) is 0.0244. The number of carbonyl (C=O) groups is 4. The third kappa shape index (κ3) is 15.7. The molecule has 0 aromatic heterocycles. The summed E-state index contributed by atoms with van der Waals surface area (Å²) in [4.78, 5) is 51.2. The van der Waals surface area contributed by atoms with E-state index in [4.69, 9.17) is 18.9 Å². The summed E-state index contributed by atoms with van der Waals surface area (Å²) >= 11 is 0. The predicted molar refractivity (Wildman–Crippen MR) is 185 cm³/mol. The first-order valence-corrected chi connectivity index (χ1v) is 18.9. The van der Waals surface area contributed by atoms with Crippen molar-refractivity contribution >= 4 is 23.9 Å². The average Bonchev–Trinajstić information content (AvgIpc) is 3.09. The van der Waals surface area contributed by atoms with E-state index in [1.165, 1.54) is 27.7 Å². The number of hydrogen-bond donors (Lipinski definition) is 0. The molecular weight excluding hydrogens is 698 g/mol. The number of unbranched alkanes of at least 4 members (excludes halogenated alkanes) is 6. The maximum atomic E-state index is 15.5. The minimum atomic E-state index is -4.14. The maximum absolute atomic E-state index is 15.5. The highest BCUT2D eigenvalue weighted by atomic mass is 19.3. The second-order valence-corrected chi connectivity index (χ2v) is 13.5. The molecule has 304 valence electrons. The molecule has 5 atom stereocenters. The molecule has 5 unspecified atom stereocenters. The van der Waals surface area contributed by atoms with Crippen molar-refractivity contribution in [2.75, 3.05) is 13.2 Å². The molecule has 0 fully saturated rings. The van der Waals surface area contributed by atoms with Gasteiger partial charge in [0.15, 0.2) is 12.2 Å². The highest BCUT2D eigenvalue weighted by molar-refractivity contribution is 5.87. The Bertz CT molecular complexity index is 1100. The van der Waals surface area contributed by atoms with E-state index in [1.54, 1.807) is 0 Å². The molecule has 0 heterocycles. The molecule has 14 heteroatoms. The van der Waals surface area contributed by atoms with Gasteiger partial charge in [0.05, 0.1) is 0 Å². The summed E-state index contributed by atoms with van der Waals surface area (Å²) in [5, 5.41) is 0. The van der Waals surface area contributed by atoms with Crippen molar-refractivity contribution < 1.29 is 64.5 Å². The molecule has 0 aromatic carbocycles. The molecule has 0 radical (unpaired) electrons. The van der Waals surface area contributed by atoms with Gasteiger partial charge in [-0.05, 0) is 45.4 Å². The molecule has 0 aliphatic carbocycles. The van der Waals surface area contributed by atoms with E-state index in [9.17, 15) is 19.2 Å². The van der Waals surface area contributed by atoms with E-state index >= 15 is 26.3 Å². The number of rotatable bonds is 29.